The van der Waals surface area contributed by atoms with Gasteiger partial charge < -0.3 is 20.1 Å². The molecule has 0 unspecified atom stereocenters. The average molecular weight is 342 g/mol. The largest absolute Gasteiger partial charge is 0.493 e. The molecule has 2 rings (SSSR count). The fourth-order valence-electron chi connectivity index (χ4n) is 2.62. The Kier molecular flexibility index (Phi) is 7.14. The van der Waals surface area contributed by atoms with E-state index < -0.39 is 0 Å². The first-order chi connectivity index (χ1) is 12.2. The van der Waals surface area contributed by atoms with Crippen molar-refractivity contribution in [3.63, 3.8) is 0 Å². The monoisotopic (exact) mass is 342 g/mol. The molecule has 0 radical (unpaired) electrons. The van der Waals surface area contributed by atoms with Gasteiger partial charge in [-0.3, -0.25) is 4.79 Å². The summed E-state index contributed by atoms with van der Waals surface area (Å²) in [5.74, 6) is 1.38. The zero-order valence-electron chi connectivity index (χ0n) is 15.1. The topological polar surface area (TPSA) is 59.6 Å². The maximum Gasteiger partial charge on any atom is 0.239 e. The predicted molar refractivity (Wildman–Crippen MR) is 101 cm³/mol. The van der Waals surface area contributed by atoms with E-state index in [9.17, 15) is 4.79 Å². The van der Waals surface area contributed by atoms with Gasteiger partial charge in [-0.1, -0.05) is 31.2 Å². The molecule has 134 valence electrons. The van der Waals surface area contributed by atoms with Crippen LogP contribution in [0.15, 0.2) is 42.5 Å². The lowest BCUT2D eigenvalue weighted by atomic mass is 10.1. The molecule has 0 aromatic heterocycles. The van der Waals surface area contributed by atoms with Gasteiger partial charge in [0.25, 0.3) is 0 Å². The van der Waals surface area contributed by atoms with Crippen molar-refractivity contribution >= 4 is 11.6 Å². The van der Waals surface area contributed by atoms with E-state index in [4.69, 9.17) is 9.47 Å². The molecule has 2 N–H and O–H groups in total. The van der Waals surface area contributed by atoms with Crippen LogP contribution < -0.4 is 20.1 Å². The Morgan fingerprint density at radius 2 is 1.80 bits per heavy atom. The molecule has 0 fully saturated rings. The van der Waals surface area contributed by atoms with Crippen LogP contribution in [0.5, 0.6) is 11.5 Å². The second-order valence-corrected chi connectivity index (χ2v) is 5.65. The predicted octanol–water partition coefficient (Wildman–Crippen LogP) is 3.04. The van der Waals surface area contributed by atoms with Crippen molar-refractivity contribution in [1.29, 1.82) is 0 Å². The van der Waals surface area contributed by atoms with E-state index in [0.29, 0.717) is 18.0 Å². The summed E-state index contributed by atoms with van der Waals surface area (Å²) in [5, 5.41) is 6.13. The number of hydrogen-bond donors (Lipinski definition) is 2. The minimum atomic E-state index is -0.0219. The number of nitrogens with one attached hydrogen (secondary N) is 2. The highest BCUT2D eigenvalue weighted by Gasteiger charge is 2.06. The van der Waals surface area contributed by atoms with Gasteiger partial charge in [-0.2, -0.15) is 0 Å². The van der Waals surface area contributed by atoms with Gasteiger partial charge in [-0.15, -0.1) is 0 Å². The van der Waals surface area contributed by atoms with Gasteiger partial charge in [-0.25, -0.2) is 0 Å². The van der Waals surface area contributed by atoms with Crippen molar-refractivity contribution in [3.8, 4) is 11.5 Å². The molecule has 5 nitrogen and oxygen atoms in total. The van der Waals surface area contributed by atoms with Crippen LogP contribution in [-0.2, 0) is 17.6 Å². The van der Waals surface area contributed by atoms with Gasteiger partial charge in [-0.05, 0) is 42.2 Å². The Morgan fingerprint density at radius 3 is 2.52 bits per heavy atom. The van der Waals surface area contributed by atoms with Crippen LogP contribution in [0.25, 0.3) is 0 Å². The first-order valence-corrected chi connectivity index (χ1v) is 8.47. The molecule has 0 aliphatic carbocycles. The lowest BCUT2D eigenvalue weighted by molar-refractivity contribution is -0.119. The fraction of sp³-hybridized carbons (Fsp3) is 0.350. The summed E-state index contributed by atoms with van der Waals surface area (Å²) in [7, 11) is 3.23. The first kappa shape index (κ1) is 18.6. The minimum Gasteiger partial charge on any atom is -0.493 e. The number of rotatable bonds is 9. The number of anilines is 1. The second-order valence-electron chi connectivity index (χ2n) is 5.65. The quantitative estimate of drug-likeness (QED) is 0.735. The molecule has 1 amide bonds. The molecule has 0 bridgehead atoms. The van der Waals surface area contributed by atoms with E-state index in [0.717, 1.165) is 24.1 Å². The van der Waals surface area contributed by atoms with E-state index in [1.165, 1.54) is 5.56 Å². The summed E-state index contributed by atoms with van der Waals surface area (Å²) < 4.78 is 10.5. The van der Waals surface area contributed by atoms with Crippen molar-refractivity contribution in [3.05, 3.63) is 53.6 Å². The molecule has 0 aliphatic rings. The van der Waals surface area contributed by atoms with Crippen LogP contribution in [0, 0.1) is 0 Å². The van der Waals surface area contributed by atoms with Crippen molar-refractivity contribution in [2.45, 2.75) is 19.8 Å². The van der Waals surface area contributed by atoms with E-state index in [-0.39, 0.29) is 12.5 Å². The molecule has 0 spiro atoms. The minimum absolute atomic E-state index is 0.0219. The van der Waals surface area contributed by atoms with Crippen molar-refractivity contribution < 1.29 is 14.3 Å². The number of aryl methyl sites for hydroxylation is 1. The Balaban J connectivity index is 1.79. The number of benzene rings is 2. The average Bonchev–Trinajstić information content (AvgIpc) is 2.66. The van der Waals surface area contributed by atoms with Gasteiger partial charge in [0.15, 0.2) is 11.5 Å². The van der Waals surface area contributed by atoms with E-state index in [1.807, 2.05) is 36.4 Å². The first-order valence-electron chi connectivity index (χ1n) is 8.47. The lowest BCUT2D eigenvalue weighted by Crippen LogP contribution is -2.31. The molecule has 0 aliphatic heterocycles. The van der Waals surface area contributed by atoms with Crippen LogP contribution in [0.1, 0.15) is 18.1 Å². The standard InChI is InChI=1S/C20H26N2O3/c1-4-16-7-5-6-8-17(16)22-14-20(23)21-12-11-15-9-10-18(24-2)19(13-15)25-3/h5-10,13,22H,4,11-12,14H2,1-3H3,(H,21,23). The molecule has 2 aromatic carbocycles. The van der Waals surface area contributed by atoms with Crippen molar-refractivity contribution in [1.82, 2.24) is 5.32 Å². The molecule has 5 heteroatoms. The van der Waals surface area contributed by atoms with E-state index in [1.54, 1.807) is 14.2 Å². The SMILES string of the molecule is CCc1ccccc1NCC(=O)NCCc1ccc(OC)c(OC)c1. The van der Waals surface area contributed by atoms with Gasteiger partial charge in [0.1, 0.15) is 0 Å². The van der Waals surface area contributed by atoms with Crippen LogP contribution in [0.4, 0.5) is 5.69 Å². The van der Waals surface area contributed by atoms with Crippen LogP contribution in [0.2, 0.25) is 0 Å². The van der Waals surface area contributed by atoms with Crippen molar-refractivity contribution in [2.75, 3.05) is 32.6 Å². The highest BCUT2D eigenvalue weighted by molar-refractivity contribution is 5.80. The normalized spacial score (nSPS) is 10.2. The Labute approximate surface area is 149 Å². The Bertz CT molecular complexity index is 701. The van der Waals surface area contributed by atoms with E-state index in [2.05, 4.69) is 23.6 Å². The Hall–Kier alpha value is -2.69. The molecule has 25 heavy (non-hydrogen) atoms. The molecular formula is C20H26N2O3. The molecule has 0 heterocycles. The summed E-state index contributed by atoms with van der Waals surface area (Å²) in [5.41, 5.74) is 3.31. The summed E-state index contributed by atoms with van der Waals surface area (Å²) in [6.07, 6.45) is 1.67. The molecule has 0 saturated heterocycles. The number of ether oxygens (including phenoxy) is 2. The molecule has 0 saturated carbocycles. The Morgan fingerprint density at radius 1 is 1.04 bits per heavy atom. The zero-order valence-corrected chi connectivity index (χ0v) is 15.1. The smallest absolute Gasteiger partial charge is 0.239 e. The van der Waals surface area contributed by atoms with Gasteiger partial charge in [0, 0.05) is 12.2 Å². The highest BCUT2D eigenvalue weighted by Crippen LogP contribution is 2.27. The number of methoxy groups -OCH3 is 2. The summed E-state index contributed by atoms with van der Waals surface area (Å²) in [4.78, 5) is 12.0. The third-order valence-electron chi connectivity index (χ3n) is 4.02. The van der Waals surface area contributed by atoms with Gasteiger partial charge >= 0.3 is 0 Å². The summed E-state index contributed by atoms with van der Waals surface area (Å²) in [6.45, 7) is 2.94. The van der Waals surface area contributed by atoms with Crippen LogP contribution in [0.3, 0.4) is 0 Å². The third-order valence-corrected chi connectivity index (χ3v) is 4.02. The number of carbonyl (C=O) groups is 1. The fourth-order valence-corrected chi connectivity index (χ4v) is 2.62. The van der Waals surface area contributed by atoms with E-state index >= 15 is 0 Å². The molecule has 2 aromatic rings. The number of para-hydroxylation sites is 1. The number of carbonyl (C=O) groups excluding carboxylic acids is 1. The van der Waals surface area contributed by atoms with Crippen molar-refractivity contribution in [2.24, 2.45) is 0 Å². The second kappa shape index (κ2) is 9.57. The molecular weight excluding hydrogens is 316 g/mol. The lowest BCUT2D eigenvalue weighted by Gasteiger charge is -2.12. The van der Waals surface area contributed by atoms with Crippen LogP contribution >= 0.6 is 0 Å². The summed E-state index contributed by atoms with van der Waals surface area (Å²) in [6, 6.07) is 13.8. The van der Waals surface area contributed by atoms with Gasteiger partial charge in [0.05, 0.1) is 20.8 Å². The number of hydrogen-bond acceptors (Lipinski definition) is 4. The maximum absolute atomic E-state index is 12.0. The summed E-state index contributed by atoms with van der Waals surface area (Å²) >= 11 is 0. The zero-order chi connectivity index (χ0) is 18.1. The highest BCUT2D eigenvalue weighted by atomic mass is 16.5. The maximum atomic E-state index is 12.0. The third kappa shape index (κ3) is 5.41. The molecule has 0 atom stereocenters. The number of amides is 1. The van der Waals surface area contributed by atoms with Crippen LogP contribution in [-0.4, -0.2) is 33.2 Å². The van der Waals surface area contributed by atoms with Gasteiger partial charge in [0.2, 0.25) is 5.91 Å².